The predicted molar refractivity (Wildman–Crippen MR) is 74.0 cm³/mol. The van der Waals surface area contributed by atoms with E-state index in [1.54, 1.807) is 6.07 Å². The molecule has 0 saturated carbocycles. The Morgan fingerprint density at radius 1 is 1.22 bits per heavy atom. The lowest BCUT2D eigenvalue weighted by Gasteiger charge is -2.11. The molecule has 0 unspecified atom stereocenters. The van der Waals surface area contributed by atoms with Crippen molar-refractivity contribution < 1.29 is 9.13 Å². The summed E-state index contributed by atoms with van der Waals surface area (Å²) in [5.41, 5.74) is 8.13. The van der Waals surface area contributed by atoms with Crippen LogP contribution in [0.15, 0.2) is 40.9 Å². The number of hydrogen-bond acceptors (Lipinski definition) is 2. The van der Waals surface area contributed by atoms with Crippen molar-refractivity contribution in [3.63, 3.8) is 0 Å². The summed E-state index contributed by atoms with van der Waals surface area (Å²) < 4.78 is 19.4. The highest BCUT2D eigenvalue weighted by molar-refractivity contribution is 9.10. The Balaban J connectivity index is 2.17. The third kappa shape index (κ3) is 2.64. The maximum atomic E-state index is 13.3. The first-order chi connectivity index (χ1) is 8.59. The van der Waals surface area contributed by atoms with Gasteiger partial charge in [-0.15, -0.1) is 0 Å². The van der Waals surface area contributed by atoms with Crippen LogP contribution in [0.25, 0.3) is 0 Å². The molecular formula is C14H13BrFNO. The van der Waals surface area contributed by atoms with Crippen molar-refractivity contribution in [1.29, 1.82) is 0 Å². The van der Waals surface area contributed by atoms with E-state index in [1.165, 1.54) is 6.07 Å². The van der Waals surface area contributed by atoms with Gasteiger partial charge < -0.3 is 10.5 Å². The topological polar surface area (TPSA) is 35.2 Å². The summed E-state index contributed by atoms with van der Waals surface area (Å²) in [6, 6.07) is 10.4. The van der Waals surface area contributed by atoms with Crippen LogP contribution in [0.1, 0.15) is 11.1 Å². The van der Waals surface area contributed by atoms with Crippen molar-refractivity contribution in [3.8, 4) is 5.75 Å². The Hall–Kier alpha value is -1.55. The van der Waals surface area contributed by atoms with E-state index < -0.39 is 0 Å². The fraction of sp³-hybridized carbons (Fsp3) is 0.143. The number of nitrogen functional groups attached to an aromatic ring is 1. The maximum absolute atomic E-state index is 13.3. The molecule has 2 aromatic rings. The van der Waals surface area contributed by atoms with Crippen LogP contribution in [0, 0.1) is 12.7 Å². The van der Waals surface area contributed by atoms with Crippen molar-refractivity contribution in [2.75, 3.05) is 5.73 Å². The van der Waals surface area contributed by atoms with E-state index in [-0.39, 0.29) is 5.82 Å². The second-order valence-corrected chi connectivity index (χ2v) is 4.76. The highest BCUT2D eigenvalue weighted by atomic mass is 79.9. The maximum Gasteiger partial charge on any atom is 0.137 e. The van der Waals surface area contributed by atoms with Crippen LogP contribution >= 0.6 is 15.9 Å². The van der Waals surface area contributed by atoms with Gasteiger partial charge in [-0.05, 0) is 41.1 Å². The lowest BCUT2D eigenvalue weighted by molar-refractivity contribution is 0.303. The van der Waals surface area contributed by atoms with Gasteiger partial charge in [0, 0.05) is 16.8 Å². The molecule has 2 aromatic carbocycles. The van der Waals surface area contributed by atoms with E-state index >= 15 is 0 Å². The van der Waals surface area contributed by atoms with Crippen molar-refractivity contribution in [1.82, 2.24) is 0 Å². The Bertz CT molecular complexity index is 520. The van der Waals surface area contributed by atoms with Gasteiger partial charge in [0.05, 0.1) is 4.47 Å². The van der Waals surface area contributed by atoms with Crippen LogP contribution in [-0.4, -0.2) is 0 Å². The zero-order valence-corrected chi connectivity index (χ0v) is 11.5. The van der Waals surface area contributed by atoms with Crippen LogP contribution in [0.5, 0.6) is 5.75 Å². The van der Waals surface area contributed by atoms with Crippen LogP contribution < -0.4 is 10.5 Å². The summed E-state index contributed by atoms with van der Waals surface area (Å²) in [5, 5.41) is 0. The molecule has 0 heterocycles. The molecule has 18 heavy (non-hydrogen) atoms. The van der Waals surface area contributed by atoms with E-state index in [9.17, 15) is 4.39 Å². The van der Waals surface area contributed by atoms with Crippen molar-refractivity contribution in [2.45, 2.75) is 13.5 Å². The second-order valence-electron chi connectivity index (χ2n) is 3.97. The molecule has 0 aromatic heterocycles. The first-order valence-electron chi connectivity index (χ1n) is 5.50. The Morgan fingerprint density at radius 2 is 1.94 bits per heavy atom. The largest absolute Gasteiger partial charge is 0.489 e. The van der Waals surface area contributed by atoms with Gasteiger partial charge in [-0.2, -0.15) is 0 Å². The van der Waals surface area contributed by atoms with Crippen LogP contribution in [-0.2, 0) is 6.61 Å². The number of benzene rings is 2. The Morgan fingerprint density at radius 3 is 2.72 bits per heavy atom. The number of anilines is 1. The average Bonchev–Trinajstić information content (AvgIpc) is 2.36. The molecule has 4 heteroatoms. The lowest BCUT2D eigenvalue weighted by Crippen LogP contribution is -2.00. The van der Waals surface area contributed by atoms with E-state index in [4.69, 9.17) is 10.5 Å². The Labute approximate surface area is 114 Å². The van der Waals surface area contributed by atoms with Gasteiger partial charge in [-0.3, -0.25) is 0 Å². The number of rotatable bonds is 3. The van der Waals surface area contributed by atoms with Gasteiger partial charge in [0.15, 0.2) is 0 Å². The van der Waals surface area contributed by atoms with Crippen LogP contribution in [0.3, 0.4) is 0 Å². The summed E-state index contributed by atoms with van der Waals surface area (Å²) in [4.78, 5) is 0. The molecule has 0 aliphatic carbocycles. The molecule has 2 nitrogen and oxygen atoms in total. The molecule has 0 amide bonds. The second kappa shape index (κ2) is 5.40. The molecule has 0 atom stereocenters. The standard InChI is InChI=1S/C14H13BrFNO/c1-9-12(17)6-3-7-13(9)18-8-10-4-2-5-11(16)14(10)15/h2-7H,8,17H2,1H3. The van der Waals surface area contributed by atoms with Crippen molar-refractivity contribution in [2.24, 2.45) is 0 Å². The number of nitrogens with two attached hydrogens (primary N) is 1. The fourth-order valence-corrected chi connectivity index (χ4v) is 1.98. The summed E-state index contributed by atoms with van der Waals surface area (Å²) in [6.07, 6.45) is 0. The minimum atomic E-state index is -0.291. The zero-order chi connectivity index (χ0) is 13.1. The summed E-state index contributed by atoms with van der Waals surface area (Å²) in [7, 11) is 0. The normalized spacial score (nSPS) is 10.4. The fourth-order valence-electron chi connectivity index (χ4n) is 1.60. The summed E-state index contributed by atoms with van der Waals surface area (Å²) in [5.74, 6) is 0.423. The van der Waals surface area contributed by atoms with Gasteiger partial charge in [0.25, 0.3) is 0 Å². The molecule has 0 aliphatic rings. The highest BCUT2D eigenvalue weighted by Crippen LogP contribution is 2.26. The number of ether oxygens (including phenoxy) is 1. The lowest BCUT2D eigenvalue weighted by atomic mass is 10.2. The van der Waals surface area contributed by atoms with Gasteiger partial charge >= 0.3 is 0 Å². The molecule has 0 fully saturated rings. The molecule has 0 radical (unpaired) electrons. The molecule has 0 saturated heterocycles. The number of hydrogen-bond donors (Lipinski definition) is 1. The van der Waals surface area contributed by atoms with Crippen LogP contribution in [0.4, 0.5) is 10.1 Å². The Kier molecular flexibility index (Phi) is 3.87. The average molecular weight is 310 g/mol. The van der Waals surface area contributed by atoms with Crippen molar-refractivity contribution >= 4 is 21.6 Å². The minimum absolute atomic E-state index is 0.291. The van der Waals surface area contributed by atoms with Crippen molar-refractivity contribution in [3.05, 3.63) is 57.8 Å². The van der Waals surface area contributed by atoms with E-state index in [2.05, 4.69) is 15.9 Å². The van der Waals surface area contributed by atoms with Gasteiger partial charge in [0.1, 0.15) is 18.2 Å². The zero-order valence-electron chi connectivity index (χ0n) is 9.91. The van der Waals surface area contributed by atoms with Gasteiger partial charge in [0.2, 0.25) is 0 Å². The smallest absolute Gasteiger partial charge is 0.137 e. The van der Waals surface area contributed by atoms with Crippen LogP contribution in [0.2, 0.25) is 0 Å². The molecule has 0 bridgehead atoms. The van der Waals surface area contributed by atoms with E-state index in [0.29, 0.717) is 22.5 Å². The minimum Gasteiger partial charge on any atom is -0.489 e. The first-order valence-corrected chi connectivity index (χ1v) is 6.29. The SMILES string of the molecule is Cc1c(N)cccc1OCc1cccc(F)c1Br. The summed E-state index contributed by atoms with van der Waals surface area (Å²) in [6.45, 7) is 2.19. The third-order valence-corrected chi connectivity index (χ3v) is 3.63. The third-order valence-electron chi connectivity index (χ3n) is 2.74. The molecule has 0 aliphatic heterocycles. The highest BCUT2D eigenvalue weighted by Gasteiger charge is 2.07. The quantitative estimate of drug-likeness (QED) is 0.868. The molecule has 0 spiro atoms. The molecule has 2 rings (SSSR count). The monoisotopic (exact) mass is 309 g/mol. The predicted octanol–water partition coefficient (Wildman–Crippen LogP) is 4.06. The van der Waals surface area contributed by atoms with Gasteiger partial charge in [-0.1, -0.05) is 18.2 Å². The van der Waals surface area contributed by atoms with E-state index in [1.807, 2.05) is 31.2 Å². The molecular weight excluding hydrogens is 297 g/mol. The molecule has 2 N–H and O–H groups in total. The molecule has 94 valence electrons. The van der Waals surface area contributed by atoms with Gasteiger partial charge in [-0.25, -0.2) is 4.39 Å². The number of halogens is 2. The van der Waals surface area contributed by atoms with E-state index in [0.717, 1.165) is 11.1 Å². The first kappa shape index (κ1) is 12.9. The summed E-state index contributed by atoms with van der Waals surface area (Å²) >= 11 is 3.21.